The van der Waals surface area contributed by atoms with Gasteiger partial charge in [-0.15, -0.1) is 0 Å². The molecule has 0 bridgehead atoms. The number of rotatable bonds is 2. The molecule has 1 rings (SSSR count). The Morgan fingerprint density at radius 1 is 1.46 bits per heavy atom. The van der Waals surface area contributed by atoms with E-state index in [1.807, 2.05) is 13.8 Å². The molecule has 0 aromatic rings. The molecule has 0 radical (unpaired) electrons. The number of halogens is 2. The number of hydrogen-bond acceptors (Lipinski definition) is 1. The zero-order chi connectivity index (χ0) is 10.5. The lowest BCUT2D eigenvalue weighted by molar-refractivity contribution is -0.0831. The van der Waals surface area contributed by atoms with Crippen molar-refractivity contribution in [3.63, 3.8) is 0 Å². The summed E-state index contributed by atoms with van der Waals surface area (Å²) in [5.74, 6) is -3.40. The first-order valence-electron chi connectivity index (χ1n) is 5.14. The topological polar surface area (TPSA) is 20.2 Å². The number of hydrogen-bond donors (Lipinski definition) is 1. The first kappa shape index (κ1) is 12.8. The maximum absolute atomic E-state index is 12.9. The summed E-state index contributed by atoms with van der Waals surface area (Å²) in [6, 6.07) is 0. The summed E-state index contributed by atoms with van der Waals surface area (Å²) in [6.45, 7) is 5.74. The van der Waals surface area contributed by atoms with Crippen molar-refractivity contribution in [2.75, 3.05) is 0 Å². The lowest BCUT2D eigenvalue weighted by Crippen LogP contribution is -2.32. The second-order valence-electron chi connectivity index (χ2n) is 3.24. The van der Waals surface area contributed by atoms with Crippen LogP contribution >= 0.6 is 0 Å². The minimum atomic E-state index is -2.62. The van der Waals surface area contributed by atoms with Crippen LogP contribution in [0.1, 0.15) is 46.5 Å². The molecule has 0 saturated heterocycles. The van der Waals surface area contributed by atoms with Gasteiger partial charge in [-0.25, -0.2) is 8.78 Å². The molecule has 3 heteroatoms. The van der Waals surface area contributed by atoms with E-state index < -0.39 is 17.9 Å². The molecule has 0 amide bonds. The maximum atomic E-state index is 12.9. The lowest BCUT2D eigenvalue weighted by Gasteiger charge is -2.22. The van der Waals surface area contributed by atoms with Gasteiger partial charge >= 0.3 is 0 Å². The third kappa shape index (κ3) is 3.22. The Hall–Kier alpha value is -0.180. The molecule has 1 nitrogen and oxygen atoms in total. The predicted molar refractivity (Wildman–Crippen MR) is 49.9 cm³/mol. The van der Waals surface area contributed by atoms with Crippen LogP contribution in [0.25, 0.3) is 0 Å². The summed E-state index contributed by atoms with van der Waals surface area (Å²) in [5.41, 5.74) is 0. The predicted octanol–water partition coefficient (Wildman–Crippen LogP) is 3.22. The van der Waals surface area contributed by atoms with Gasteiger partial charge in [-0.05, 0) is 19.3 Å². The quantitative estimate of drug-likeness (QED) is 0.715. The molecule has 0 aliphatic heterocycles. The van der Waals surface area contributed by atoms with Crippen molar-refractivity contribution in [2.45, 2.75) is 58.5 Å². The van der Waals surface area contributed by atoms with E-state index in [9.17, 15) is 13.9 Å². The first-order valence-corrected chi connectivity index (χ1v) is 5.14. The van der Waals surface area contributed by atoms with Crippen LogP contribution in [0.15, 0.2) is 0 Å². The van der Waals surface area contributed by atoms with E-state index in [1.165, 1.54) is 0 Å². The van der Waals surface area contributed by atoms with E-state index in [2.05, 4.69) is 0 Å². The molecule has 13 heavy (non-hydrogen) atoms. The molecule has 0 aromatic carbocycles. The van der Waals surface area contributed by atoms with Gasteiger partial charge in [0.15, 0.2) is 0 Å². The smallest absolute Gasteiger partial charge is 0.253 e. The second-order valence-corrected chi connectivity index (χ2v) is 3.24. The molecular weight excluding hydrogens is 174 g/mol. The Balaban J connectivity index is 0.000000671. The van der Waals surface area contributed by atoms with Crippen LogP contribution in [0.2, 0.25) is 0 Å². The van der Waals surface area contributed by atoms with Gasteiger partial charge in [0.25, 0.3) is 5.92 Å². The second kappa shape index (κ2) is 5.53. The molecule has 0 aromatic heterocycles. The van der Waals surface area contributed by atoms with Crippen LogP contribution in [-0.4, -0.2) is 17.1 Å². The summed E-state index contributed by atoms with van der Waals surface area (Å²) in [4.78, 5) is 0. The van der Waals surface area contributed by atoms with Gasteiger partial charge in [-0.3, -0.25) is 0 Å². The van der Waals surface area contributed by atoms with Gasteiger partial charge in [-0.1, -0.05) is 20.8 Å². The van der Waals surface area contributed by atoms with Crippen molar-refractivity contribution in [3.05, 3.63) is 0 Å². The Labute approximate surface area is 79.1 Å². The molecule has 2 atom stereocenters. The third-order valence-electron chi connectivity index (χ3n) is 2.45. The summed E-state index contributed by atoms with van der Waals surface area (Å²) in [6.07, 6.45) is 0.596. The summed E-state index contributed by atoms with van der Waals surface area (Å²) in [7, 11) is 0. The van der Waals surface area contributed by atoms with Crippen LogP contribution in [0, 0.1) is 5.92 Å². The molecule has 0 heterocycles. The zero-order valence-corrected chi connectivity index (χ0v) is 8.69. The SMILES string of the molecule is CC.CCC(O)C1CCCC1(F)F. The first-order chi connectivity index (χ1) is 6.08. The van der Waals surface area contributed by atoms with Gasteiger partial charge < -0.3 is 5.11 Å². The zero-order valence-electron chi connectivity index (χ0n) is 8.69. The summed E-state index contributed by atoms with van der Waals surface area (Å²) < 4.78 is 25.8. The van der Waals surface area contributed by atoms with E-state index in [0.717, 1.165) is 0 Å². The highest BCUT2D eigenvalue weighted by Crippen LogP contribution is 2.42. The van der Waals surface area contributed by atoms with Gasteiger partial charge in [0.05, 0.1) is 6.10 Å². The van der Waals surface area contributed by atoms with Gasteiger partial charge in [-0.2, -0.15) is 0 Å². The van der Waals surface area contributed by atoms with E-state index in [4.69, 9.17) is 0 Å². The fourth-order valence-electron chi connectivity index (χ4n) is 1.71. The molecule has 80 valence electrons. The van der Waals surface area contributed by atoms with Crippen LogP contribution in [-0.2, 0) is 0 Å². The van der Waals surface area contributed by atoms with Gasteiger partial charge in [0.2, 0.25) is 0 Å². The van der Waals surface area contributed by atoms with Crippen molar-refractivity contribution < 1.29 is 13.9 Å². The molecular formula is C10H20F2O. The van der Waals surface area contributed by atoms with Crippen molar-refractivity contribution in [1.29, 1.82) is 0 Å². The van der Waals surface area contributed by atoms with Crippen LogP contribution in [0.3, 0.4) is 0 Å². The Kier molecular flexibility index (Phi) is 5.45. The normalized spacial score (nSPS) is 27.7. The van der Waals surface area contributed by atoms with Crippen molar-refractivity contribution in [2.24, 2.45) is 5.92 Å². The Morgan fingerprint density at radius 3 is 2.31 bits per heavy atom. The standard InChI is InChI=1S/C8H14F2O.C2H6/c1-2-7(11)6-4-3-5-8(6,9)10;1-2/h6-7,11H,2-5H2,1H3;1-2H3. The van der Waals surface area contributed by atoms with E-state index in [0.29, 0.717) is 19.3 Å². The average molecular weight is 194 g/mol. The van der Waals surface area contributed by atoms with E-state index in [-0.39, 0.29) is 6.42 Å². The van der Waals surface area contributed by atoms with E-state index >= 15 is 0 Å². The molecule has 1 saturated carbocycles. The van der Waals surface area contributed by atoms with Crippen molar-refractivity contribution in [1.82, 2.24) is 0 Å². The van der Waals surface area contributed by atoms with Crippen molar-refractivity contribution >= 4 is 0 Å². The monoisotopic (exact) mass is 194 g/mol. The van der Waals surface area contributed by atoms with Gasteiger partial charge in [0, 0.05) is 12.3 Å². The number of alkyl halides is 2. The molecule has 1 aliphatic carbocycles. The van der Waals surface area contributed by atoms with Crippen LogP contribution in [0.5, 0.6) is 0 Å². The average Bonchev–Trinajstić information content (AvgIpc) is 2.47. The molecule has 2 unspecified atom stereocenters. The highest BCUT2D eigenvalue weighted by molar-refractivity contribution is 4.87. The van der Waals surface area contributed by atoms with E-state index in [1.54, 1.807) is 6.92 Å². The number of aliphatic hydroxyl groups excluding tert-OH is 1. The highest BCUT2D eigenvalue weighted by atomic mass is 19.3. The summed E-state index contributed by atoms with van der Waals surface area (Å²) in [5, 5.41) is 9.21. The largest absolute Gasteiger partial charge is 0.393 e. The van der Waals surface area contributed by atoms with Crippen LogP contribution < -0.4 is 0 Å². The van der Waals surface area contributed by atoms with Crippen LogP contribution in [0.4, 0.5) is 8.78 Å². The summed E-state index contributed by atoms with van der Waals surface area (Å²) >= 11 is 0. The fraction of sp³-hybridized carbons (Fsp3) is 1.00. The maximum Gasteiger partial charge on any atom is 0.253 e. The molecule has 1 fully saturated rings. The fourth-order valence-corrected chi connectivity index (χ4v) is 1.71. The molecule has 0 spiro atoms. The van der Waals surface area contributed by atoms with Crippen molar-refractivity contribution in [3.8, 4) is 0 Å². The Morgan fingerprint density at radius 2 is 2.00 bits per heavy atom. The highest BCUT2D eigenvalue weighted by Gasteiger charge is 2.46. The minimum absolute atomic E-state index is 0.0469. The Bertz CT molecular complexity index is 137. The number of aliphatic hydroxyl groups is 1. The third-order valence-corrected chi connectivity index (χ3v) is 2.45. The molecule has 1 N–H and O–H groups in total. The lowest BCUT2D eigenvalue weighted by atomic mass is 9.96. The minimum Gasteiger partial charge on any atom is -0.393 e. The van der Waals surface area contributed by atoms with Gasteiger partial charge in [0.1, 0.15) is 0 Å². The molecule has 1 aliphatic rings.